The third kappa shape index (κ3) is 14.4. The van der Waals surface area contributed by atoms with E-state index in [1.807, 2.05) is 0 Å². The molecular formula is C35H47Cl2F2N3O7. The molecule has 3 N–H and O–H groups in total. The predicted molar refractivity (Wildman–Crippen MR) is 185 cm³/mol. The average Bonchev–Trinajstić information content (AvgIpc) is 2.99. The quantitative estimate of drug-likeness (QED) is 0.300. The Hall–Kier alpha value is -3.64. The van der Waals surface area contributed by atoms with Gasteiger partial charge in [0.25, 0.3) is 0 Å². The lowest BCUT2D eigenvalue weighted by atomic mass is 9.95. The van der Waals surface area contributed by atoms with Crippen LogP contribution in [0, 0.1) is 11.6 Å². The highest BCUT2D eigenvalue weighted by Gasteiger charge is 2.36. The summed E-state index contributed by atoms with van der Waals surface area (Å²) in [4.78, 5) is 50.6. The molecule has 2 aromatic rings. The second-order valence-corrected chi connectivity index (χ2v) is 14.6. The summed E-state index contributed by atoms with van der Waals surface area (Å²) in [6.07, 6.45) is 3.60. The second-order valence-electron chi connectivity index (χ2n) is 13.8. The molecule has 2 saturated heterocycles. The van der Waals surface area contributed by atoms with Crippen molar-refractivity contribution in [2.24, 2.45) is 0 Å². The van der Waals surface area contributed by atoms with Gasteiger partial charge >= 0.3 is 18.2 Å². The van der Waals surface area contributed by atoms with Crippen molar-refractivity contribution in [3.63, 3.8) is 0 Å². The van der Waals surface area contributed by atoms with Crippen LogP contribution in [-0.4, -0.2) is 75.2 Å². The van der Waals surface area contributed by atoms with Gasteiger partial charge in [-0.2, -0.15) is 0 Å². The van der Waals surface area contributed by atoms with E-state index in [9.17, 15) is 28.0 Å². The first-order valence-corrected chi connectivity index (χ1v) is 16.8. The van der Waals surface area contributed by atoms with Crippen LogP contribution in [0.3, 0.4) is 0 Å². The lowest BCUT2D eigenvalue weighted by Crippen LogP contribution is -2.50. The van der Waals surface area contributed by atoms with Crippen LogP contribution in [0.5, 0.6) is 0 Å². The van der Waals surface area contributed by atoms with Gasteiger partial charge in [-0.15, -0.1) is 0 Å². The number of nitrogen functional groups attached to an aromatic ring is 1. The molecular weight excluding hydrogens is 683 g/mol. The van der Waals surface area contributed by atoms with Gasteiger partial charge in [-0.25, -0.2) is 23.2 Å². The number of nitrogens with zero attached hydrogens (tertiary/aromatic N) is 2. The van der Waals surface area contributed by atoms with E-state index in [0.717, 1.165) is 25.7 Å². The Balaban J connectivity index is 0.000000285. The number of aliphatic carboxylic acids is 1. The molecule has 0 bridgehead atoms. The third-order valence-corrected chi connectivity index (χ3v) is 7.94. The van der Waals surface area contributed by atoms with Gasteiger partial charge in [-0.1, -0.05) is 29.3 Å². The van der Waals surface area contributed by atoms with Crippen molar-refractivity contribution in [2.45, 2.75) is 110 Å². The number of anilines is 1. The molecule has 2 fully saturated rings. The summed E-state index contributed by atoms with van der Waals surface area (Å²) in [6.45, 7) is 11.7. The number of halogens is 4. The van der Waals surface area contributed by atoms with Gasteiger partial charge in [0, 0.05) is 24.5 Å². The summed E-state index contributed by atoms with van der Waals surface area (Å²) in [7, 11) is 0. The molecule has 0 saturated carbocycles. The maximum absolute atomic E-state index is 13.1. The Bertz CT molecular complexity index is 1460. The zero-order valence-electron chi connectivity index (χ0n) is 28.9. The molecule has 2 aliphatic rings. The number of Topliss-reactive ketones (excluding diaryl/α,β-unsaturated/α-hetero) is 1. The van der Waals surface area contributed by atoms with E-state index in [0.29, 0.717) is 37.2 Å². The Morgan fingerprint density at radius 2 is 1.22 bits per heavy atom. The zero-order valence-corrected chi connectivity index (χ0v) is 30.4. The first-order chi connectivity index (χ1) is 22.7. The van der Waals surface area contributed by atoms with Crippen LogP contribution in [0.15, 0.2) is 36.4 Å². The van der Waals surface area contributed by atoms with Crippen LogP contribution < -0.4 is 5.73 Å². The van der Waals surface area contributed by atoms with E-state index in [-0.39, 0.29) is 28.1 Å². The molecule has 0 unspecified atom stereocenters. The highest BCUT2D eigenvalue weighted by atomic mass is 35.5. The van der Waals surface area contributed by atoms with E-state index in [1.54, 1.807) is 41.5 Å². The maximum atomic E-state index is 13.1. The lowest BCUT2D eigenvalue weighted by Gasteiger charge is -2.36. The van der Waals surface area contributed by atoms with E-state index >= 15 is 0 Å². The molecule has 0 radical (unpaired) electrons. The summed E-state index contributed by atoms with van der Waals surface area (Å²) in [5, 5.41) is 9.49. The van der Waals surface area contributed by atoms with Crippen molar-refractivity contribution < 1.29 is 42.5 Å². The van der Waals surface area contributed by atoms with Crippen molar-refractivity contribution in [3.05, 3.63) is 63.6 Å². The van der Waals surface area contributed by atoms with Gasteiger partial charge in [-0.05, 0) is 116 Å². The van der Waals surface area contributed by atoms with Gasteiger partial charge in [0.05, 0.1) is 16.8 Å². The number of carbonyl (C=O) groups is 4. The van der Waals surface area contributed by atoms with E-state index < -0.39 is 47.3 Å². The molecule has 49 heavy (non-hydrogen) atoms. The largest absolute Gasteiger partial charge is 0.480 e. The molecule has 2 heterocycles. The highest BCUT2D eigenvalue weighted by molar-refractivity contribution is 6.33. The van der Waals surface area contributed by atoms with Gasteiger partial charge < -0.3 is 20.3 Å². The predicted octanol–water partition coefficient (Wildman–Crippen LogP) is 8.30. The molecule has 2 amide bonds. The number of ketones is 1. The molecule has 14 heteroatoms. The number of carbonyl (C=O) groups excluding carboxylic acids is 3. The van der Waals surface area contributed by atoms with E-state index in [2.05, 4.69) is 0 Å². The first kappa shape index (κ1) is 41.5. The maximum Gasteiger partial charge on any atom is 0.411 e. The molecule has 272 valence electrons. The van der Waals surface area contributed by atoms with E-state index in [1.165, 1.54) is 46.2 Å². The summed E-state index contributed by atoms with van der Waals surface area (Å²) in [5.74, 6) is -1.86. The smallest absolute Gasteiger partial charge is 0.411 e. The van der Waals surface area contributed by atoms with Crippen LogP contribution in [0.1, 0.15) is 85.6 Å². The summed E-state index contributed by atoms with van der Waals surface area (Å²) in [6, 6.07) is 6.60. The average molecular weight is 731 g/mol. The number of nitrogens with two attached hydrogens (primary N) is 1. The fraction of sp³-hybridized carbons (Fsp3) is 0.543. The molecule has 0 aliphatic carbocycles. The molecule has 10 nitrogen and oxygen atoms in total. The Morgan fingerprint density at radius 3 is 1.65 bits per heavy atom. The minimum atomic E-state index is -0.953. The van der Waals surface area contributed by atoms with Crippen LogP contribution in [0.4, 0.5) is 24.1 Å². The Labute approximate surface area is 296 Å². The van der Waals surface area contributed by atoms with Crippen LogP contribution in [0.2, 0.25) is 10.0 Å². The SMILES string of the molecule is CC(C)(C)OC(=O)N1CCCC[C@H]1C(=O)Cc1ccc(F)cc1Cl.CC(C)(C)OC(=O)N1CCCC[C@H]1C(=O)O.Nc1ccc(F)cc1Cl. The third-order valence-electron chi connectivity index (χ3n) is 7.26. The van der Waals surface area contributed by atoms with Crippen molar-refractivity contribution in [1.82, 2.24) is 9.80 Å². The molecule has 2 atom stereocenters. The summed E-state index contributed by atoms with van der Waals surface area (Å²) < 4.78 is 35.9. The van der Waals surface area contributed by atoms with Gasteiger partial charge in [-0.3, -0.25) is 14.6 Å². The second kappa shape index (κ2) is 18.4. The number of hydrogen-bond donors (Lipinski definition) is 2. The molecule has 4 rings (SSSR count). The van der Waals surface area contributed by atoms with Crippen molar-refractivity contribution in [2.75, 3.05) is 18.8 Å². The van der Waals surface area contributed by atoms with Gasteiger partial charge in [0.1, 0.15) is 28.9 Å². The molecule has 2 aromatic carbocycles. The number of carboxylic acid groups (broad SMARTS) is 1. The Morgan fingerprint density at radius 1 is 0.776 bits per heavy atom. The van der Waals surface area contributed by atoms with Crippen molar-refractivity contribution in [1.29, 1.82) is 0 Å². The van der Waals surface area contributed by atoms with Gasteiger partial charge in [0.2, 0.25) is 0 Å². The Kier molecular flexibility index (Phi) is 15.6. The zero-order chi connectivity index (χ0) is 37.1. The topological polar surface area (TPSA) is 139 Å². The number of ether oxygens (including phenoxy) is 2. The summed E-state index contributed by atoms with van der Waals surface area (Å²) in [5.41, 5.74) is 5.06. The number of amides is 2. The molecule has 0 spiro atoms. The normalized spacial score (nSPS) is 17.8. The highest BCUT2D eigenvalue weighted by Crippen LogP contribution is 2.25. The molecule has 2 aliphatic heterocycles. The van der Waals surface area contributed by atoms with Crippen molar-refractivity contribution in [3.8, 4) is 0 Å². The minimum absolute atomic E-state index is 0.0725. The number of rotatable bonds is 4. The number of hydrogen-bond acceptors (Lipinski definition) is 7. The fourth-order valence-corrected chi connectivity index (χ4v) is 5.41. The minimum Gasteiger partial charge on any atom is -0.480 e. The van der Waals surface area contributed by atoms with Crippen LogP contribution in [-0.2, 0) is 25.5 Å². The fourth-order valence-electron chi connectivity index (χ4n) is 5.00. The number of likely N-dealkylation sites (tertiary alicyclic amines) is 2. The number of benzene rings is 2. The van der Waals surface area contributed by atoms with E-state index in [4.69, 9.17) is 43.5 Å². The monoisotopic (exact) mass is 729 g/mol. The van der Waals surface area contributed by atoms with Crippen LogP contribution in [0.25, 0.3) is 0 Å². The van der Waals surface area contributed by atoms with Gasteiger partial charge in [0.15, 0.2) is 5.78 Å². The number of carboxylic acids is 1. The lowest BCUT2D eigenvalue weighted by molar-refractivity contribution is -0.144. The van der Waals surface area contributed by atoms with Crippen molar-refractivity contribution >= 4 is 52.8 Å². The number of piperidine rings is 2. The standard InChI is InChI=1S/C18H23ClFNO3.C11H19NO4.C6H5ClFN/c1-18(2,3)24-17(23)21-9-5-4-6-15(21)16(22)10-12-7-8-13(20)11-14(12)19;1-11(2,3)16-10(15)12-7-5-4-6-8(12)9(13)14;7-5-3-4(8)1-2-6(5)9/h7-8,11,15H,4-6,9-10H2,1-3H3;8H,4-7H2,1-3H3,(H,13,14);1-3H,9H2/t15-;8-;/m00./s1. The molecule has 0 aromatic heterocycles. The van der Waals surface area contributed by atoms with Crippen LogP contribution >= 0.6 is 23.2 Å². The first-order valence-electron chi connectivity index (χ1n) is 16.1. The summed E-state index contributed by atoms with van der Waals surface area (Å²) >= 11 is 11.5.